The fourth-order valence-electron chi connectivity index (χ4n) is 2.27. The number of hydrogen-bond donors (Lipinski definition) is 0. The number of nitrogens with zero attached hydrogens (tertiary/aromatic N) is 1. The lowest BCUT2D eigenvalue weighted by atomic mass is 10.0. The standard InChI is InChI=1S/C19H23N/c1-4-5-10-17-11-6-7-13-19(17)20-14-18-12-8-9-15(2)16(18)3/h6-9,11-14H,4-5,10H2,1-3H3. The molecule has 0 atom stereocenters. The quantitative estimate of drug-likeness (QED) is 0.642. The highest BCUT2D eigenvalue weighted by Crippen LogP contribution is 2.21. The summed E-state index contributed by atoms with van der Waals surface area (Å²) in [5.41, 5.74) is 6.27. The molecule has 0 amide bonds. The zero-order chi connectivity index (χ0) is 14.4. The van der Waals surface area contributed by atoms with Crippen LogP contribution < -0.4 is 0 Å². The zero-order valence-electron chi connectivity index (χ0n) is 12.7. The van der Waals surface area contributed by atoms with Crippen LogP contribution in [-0.2, 0) is 6.42 Å². The van der Waals surface area contributed by atoms with E-state index in [0.29, 0.717) is 0 Å². The summed E-state index contributed by atoms with van der Waals surface area (Å²) in [6.07, 6.45) is 5.54. The topological polar surface area (TPSA) is 12.4 Å². The van der Waals surface area contributed by atoms with Gasteiger partial charge in [-0.2, -0.15) is 0 Å². The SMILES string of the molecule is CCCCc1ccccc1N=Cc1cccc(C)c1C. The lowest BCUT2D eigenvalue weighted by Crippen LogP contribution is -1.90. The van der Waals surface area contributed by atoms with E-state index in [2.05, 4.69) is 63.2 Å². The van der Waals surface area contributed by atoms with Gasteiger partial charge in [0.1, 0.15) is 0 Å². The van der Waals surface area contributed by atoms with Crippen molar-refractivity contribution in [3.8, 4) is 0 Å². The van der Waals surface area contributed by atoms with Crippen LogP contribution in [0.2, 0.25) is 0 Å². The first-order valence-electron chi connectivity index (χ1n) is 7.40. The van der Waals surface area contributed by atoms with Crippen molar-refractivity contribution in [3.63, 3.8) is 0 Å². The summed E-state index contributed by atoms with van der Waals surface area (Å²) in [6.45, 7) is 6.52. The molecule has 0 bridgehead atoms. The number of hydrogen-bond acceptors (Lipinski definition) is 1. The molecule has 1 heteroatoms. The summed E-state index contributed by atoms with van der Waals surface area (Å²) in [7, 11) is 0. The Morgan fingerprint density at radius 3 is 2.60 bits per heavy atom. The average Bonchev–Trinajstić information content (AvgIpc) is 2.47. The van der Waals surface area contributed by atoms with Crippen molar-refractivity contribution in [2.45, 2.75) is 40.0 Å². The molecule has 0 heterocycles. The summed E-state index contributed by atoms with van der Waals surface area (Å²) >= 11 is 0. The Hall–Kier alpha value is -1.89. The number of aryl methyl sites for hydroxylation is 2. The first-order valence-corrected chi connectivity index (χ1v) is 7.40. The first kappa shape index (κ1) is 14.5. The molecule has 0 aliphatic carbocycles. The van der Waals surface area contributed by atoms with Gasteiger partial charge in [-0.05, 0) is 55.0 Å². The molecule has 0 saturated carbocycles. The van der Waals surface area contributed by atoms with E-state index in [1.807, 2.05) is 6.21 Å². The first-order chi connectivity index (χ1) is 9.72. The molecule has 0 fully saturated rings. The van der Waals surface area contributed by atoms with Crippen LogP contribution in [0.5, 0.6) is 0 Å². The van der Waals surface area contributed by atoms with E-state index in [1.165, 1.54) is 35.1 Å². The molecule has 2 aromatic carbocycles. The maximum atomic E-state index is 4.71. The molecule has 104 valence electrons. The molecule has 20 heavy (non-hydrogen) atoms. The zero-order valence-corrected chi connectivity index (χ0v) is 12.7. The van der Waals surface area contributed by atoms with Gasteiger partial charge in [0, 0.05) is 6.21 Å². The van der Waals surface area contributed by atoms with E-state index in [0.717, 1.165) is 12.1 Å². The van der Waals surface area contributed by atoms with E-state index in [1.54, 1.807) is 0 Å². The molecule has 0 spiro atoms. The Morgan fingerprint density at radius 2 is 1.80 bits per heavy atom. The van der Waals surface area contributed by atoms with Gasteiger partial charge < -0.3 is 0 Å². The third kappa shape index (κ3) is 3.57. The van der Waals surface area contributed by atoms with Crippen molar-refractivity contribution in [3.05, 3.63) is 64.7 Å². The van der Waals surface area contributed by atoms with Gasteiger partial charge in [0.05, 0.1) is 5.69 Å². The molecule has 0 aromatic heterocycles. The third-order valence-corrected chi connectivity index (χ3v) is 3.78. The fourth-order valence-corrected chi connectivity index (χ4v) is 2.27. The van der Waals surface area contributed by atoms with Crippen LogP contribution in [0.1, 0.15) is 42.0 Å². The predicted octanol–water partition coefficient (Wildman–Crippen LogP) is 5.40. The molecular weight excluding hydrogens is 242 g/mol. The number of benzene rings is 2. The second kappa shape index (κ2) is 7.04. The molecule has 0 aliphatic rings. The van der Waals surface area contributed by atoms with Gasteiger partial charge in [-0.15, -0.1) is 0 Å². The normalized spacial score (nSPS) is 11.2. The number of aliphatic imine (C=N–C) groups is 1. The maximum Gasteiger partial charge on any atom is 0.0661 e. The highest BCUT2D eigenvalue weighted by Gasteiger charge is 2.01. The lowest BCUT2D eigenvalue weighted by Gasteiger charge is -2.06. The van der Waals surface area contributed by atoms with E-state index in [4.69, 9.17) is 4.99 Å². The van der Waals surface area contributed by atoms with E-state index in [9.17, 15) is 0 Å². The Bertz CT molecular complexity index is 596. The van der Waals surface area contributed by atoms with Gasteiger partial charge in [-0.3, -0.25) is 4.99 Å². The van der Waals surface area contributed by atoms with Crippen LogP contribution in [0.15, 0.2) is 47.5 Å². The van der Waals surface area contributed by atoms with E-state index in [-0.39, 0.29) is 0 Å². The Morgan fingerprint density at radius 1 is 1.00 bits per heavy atom. The number of unbranched alkanes of at least 4 members (excludes halogenated alkanes) is 1. The van der Waals surface area contributed by atoms with Crippen LogP contribution in [0.4, 0.5) is 5.69 Å². The largest absolute Gasteiger partial charge is 0.256 e. The van der Waals surface area contributed by atoms with E-state index < -0.39 is 0 Å². The Kier molecular flexibility index (Phi) is 5.11. The number of rotatable bonds is 5. The average molecular weight is 265 g/mol. The highest BCUT2D eigenvalue weighted by atomic mass is 14.7. The van der Waals surface area contributed by atoms with Crippen molar-refractivity contribution in [2.24, 2.45) is 4.99 Å². The van der Waals surface area contributed by atoms with Crippen LogP contribution in [-0.4, -0.2) is 6.21 Å². The second-order valence-corrected chi connectivity index (χ2v) is 5.28. The molecule has 1 nitrogen and oxygen atoms in total. The highest BCUT2D eigenvalue weighted by molar-refractivity contribution is 5.84. The van der Waals surface area contributed by atoms with Gasteiger partial charge in [0.2, 0.25) is 0 Å². The lowest BCUT2D eigenvalue weighted by molar-refractivity contribution is 0.795. The third-order valence-electron chi connectivity index (χ3n) is 3.78. The molecule has 0 radical (unpaired) electrons. The molecule has 2 aromatic rings. The molecule has 0 saturated heterocycles. The Balaban J connectivity index is 2.25. The molecular formula is C19H23N. The van der Waals surface area contributed by atoms with Crippen LogP contribution >= 0.6 is 0 Å². The summed E-state index contributed by atoms with van der Waals surface area (Å²) in [5.74, 6) is 0. The van der Waals surface area contributed by atoms with Gasteiger partial charge >= 0.3 is 0 Å². The summed E-state index contributed by atoms with van der Waals surface area (Å²) < 4.78 is 0. The van der Waals surface area contributed by atoms with Gasteiger partial charge in [0.25, 0.3) is 0 Å². The second-order valence-electron chi connectivity index (χ2n) is 5.28. The molecule has 0 unspecified atom stereocenters. The van der Waals surface area contributed by atoms with Gasteiger partial charge in [-0.1, -0.05) is 49.7 Å². The van der Waals surface area contributed by atoms with Crippen molar-refractivity contribution in [1.82, 2.24) is 0 Å². The van der Waals surface area contributed by atoms with Gasteiger partial charge in [0.15, 0.2) is 0 Å². The van der Waals surface area contributed by atoms with Crippen molar-refractivity contribution >= 4 is 11.9 Å². The minimum Gasteiger partial charge on any atom is -0.256 e. The smallest absolute Gasteiger partial charge is 0.0661 e. The van der Waals surface area contributed by atoms with Crippen LogP contribution in [0, 0.1) is 13.8 Å². The minimum atomic E-state index is 1.10. The molecule has 0 aliphatic heterocycles. The Labute approximate surface area is 122 Å². The van der Waals surface area contributed by atoms with Crippen LogP contribution in [0.25, 0.3) is 0 Å². The van der Waals surface area contributed by atoms with Crippen molar-refractivity contribution < 1.29 is 0 Å². The minimum absolute atomic E-state index is 1.10. The van der Waals surface area contributed by atoms with Gasteiger partial charge in [-0.25, -0.2) is 0 Å². The van der Waals surface area contributed by atoms with Crippen molar-refractivity contribution in [1.29, 1.82) is 0 Å². The van der Waals surface area contributed by atoms with Crippen LogP contribution in [0.3, 0.4) is 0 Å². The summed E-state index contributed by atoms with van der Waals surface area (Å²) in [4.78, 5) is 4.71. The summed E-state index contributed by atoms with van der Waals surface area (Å²) in [5, 5.41) is 0. The summed E-state index contributed by atoms with van der Waals surface area (Å²) in [6, 6.07) is 14.8. The fraction of sp³-hybridized carbons (Fsp3) is 0.316. The molecule has 2 rings (SSSR count). The van der Waals surface area contributed by atoms with Crippen molar-refractivity contribution in [2.75, 3.05) is 0 Å². The molecule has 0 N–H and O–H groups in total. The maximum absolute atomic E-state index is 4.71. The number of para-hydroxylation sites is 1. The predicted molar refractivity (Wildman–Crippen MR) is 88.2 cm³/mol. The monoisotopic (exact) mass is 265 g/mol. The van der Waals surface area contributed by atoms with E-state index >= 15 is 0 Å².